The van der Waals surface area contributed by atoms with Crippen LogP contribution in [0, 0.1) is 6.92 Å². The first kappa shape index (κ1) is 15.0. The number of nitrogens with two attached hydrogens (primary N) is 1. The number of aryl methyl sites for hydroxylation is 1. The van der Waals surface area contributed by atoms with Crippen molar-refractivity contribution in [3.8, 4) is 0 Å². The van der Waals surface area contributed by atoms with E-state index in [1.165, 1.54) is 6.07 Å². The summed E-state index contributed by atoms with van der Waals surface area (Å²) in [4.78, 5) is 3.98. The van der Waals surface area contributed by atoms with E-state index in [2.05, 4.69) is 20.9 Å². The van der Waals surface area contributed by atoms with Crippen molar-refractivity contribution in [2.45, 2.75) is 19.1 Å². The molecule has 106 valence electrons. The number of hydrogen-bond donors (Lipinski definition) is 1. The number of aromatic nitrogens is 1. The van der Waals surface area contributed by atoms with E-state index in [1.54, 1.807) is 18.5 Å². The summed E-state index contributed by atoms with van der Waals surface area (Å²) in [6.45, 7) is 1.85. The van der Waals surface area contributed by atoms with Crippen molar-refractivity contribution in [2.75, 3.05) is 0 Å². The summed E-state index contributed by atoms with van der Waals surface area (Å²) in [5.41, 5.74) is 7.35. The Kier molecular flexibility index (Phi) is 4.15. The molecular formula is C14H12BrF3N2. The largest absolute Gasteiger partial charge is 0.416 e. The average Bonchev–Trinajstić information content (AvgIpc) is 2.37. The standard InChI is InChI=1S/C14H12BrF3N2/c1-8-4-5-20-7-11(8)13(19)10-6-9(14(16,17)18)2-3-12(10)15/h2-7,13H,19H2,1H3. The first-order chi connectivity index (χ1) is 9.30. The summed E-state index contributed by atoms with van der Waals surface area (Å²) in [7, 11) is 0. The number of hydrogen-bond acceptors (Lipinski definition) is 2. The highest BCUT2D eigenvalue weighted by Crippen LogP contribution is 2.35. The zero-order valence-corrected chi connectivity index (χ0v) is 12.2. The molecule has 1 atom stereocenters. The van der Waals surface area contributed by atoms with Gasteiger partial charge in [0.25, 0.3) is 0 Å². The van der Waals surface area contributed by atoms with Crippen LogP contribution in [0.4, 0.5) is 13.2 Å². The fourth-order valence-corrected chi connectivity index (χ4v) is 2.42. The van der Waals surface area contributed by atoms with Gasteiger partial charge < -0.3 is 5.73 Å². The molecule has 2 N–H and O–H groups in total. The van der Waals surface area contributed by atoms with Gasteiger partial charge in [0, 0.05) is 16.9 Å². The quantitative estimate of drug-likeness (QED) is 0.885. The van der Waals surface area contributed by atoms with Crippen molar-refractivity contribution in [2.24, 2.45) is 5.73 Å². The van der Waals surface area contributed by atoms with Crippen LogP contribution < -0.4 is 5.73 Å². The van der Waals surface area contributed by atoms with Crippen molar-refractivity contribution in [1.29, 1.82) is 0 Å². The first-order valence-electron chi connectivity index (χ1n) is 5.83. The van der Waals surface area contributed by atoms with Crippen molar-refractivity contribution < 1.29 is 13.2 Å². The van der Waals surface area contributed by atoms with E-state index < -0.39 is 17.8 Å². The molecule has 0 amide bonds. The molecule has 0 saturated heterocycles. The maximum Gasteiger partial charge on any atom is 0.416 e. The van der Waals surface area contributed by atoms with Gasteiger partial charge in [-0.1, -0.05) is 15.9 Å². The van der Waals surface area contributed by atoms with Crippen LogP contribution in [-0.4, -0.2) is 4.98 Å². The molecule has 1 aromatic heterocycles. The lowest BCUT2D eigenvalue weighted by atomic mass is 9.96. The van der Waals surface area contributed by atoms with Crippen molar-refractivity contribution in [3.05, 3.63) is 63.4 Å². The summed E-state index contributed by atoms with van der Waals surface area (Å²) in [6.07, 6.45) is -1.20. The summed E-state index contributed by atoms with van der Waals surface area (Å²) < 4.78 is 38.9. The summed E-state index contributed by atoms with van der Waals surface area (Å²) in [6, 6.07) is 4.57. The van der Waals surface area contributed by atoms with Gasteiger partial charge in [-0.15, -0.1) is 0 Å². The third-order valence-electron chi connectivity index (χ3n) is 3.07. The van der Waals surface area contributed by atoms with Crippen molar-refractivity contribution >= 4 is 15.9 Å². The molecule has 1 unspecified atom stereocenters. The van der Waals surface area contributed by atoms with E-state index in [0.29, 0.717) is 15.6 Å². The third kappa shape index (κ3) is 3.02. The molecule has 0 radical (unpaired) electrons. The molecule has 0 bridgehead atoms. The Labute approximate surface area is 123 Å². The summed E-state index contributed by atoms with van der Waals surface area (Å²) >= 11 is 3.25. The molecule has 2 nitrogen and oxygen atoms in total. The highest BCUT2D eigenvalue weighted by molar-refractivity contribution is 9.10. The number of halogens is 4. The van der Waals surface area contributed by atoms with Crippen molar-refractivity contribution in [1.82, 2.24) is 4.98 Å². The SMILES string of the molecule is Cc1ccncc1C(N)c1cc(C(F)(F)F)ccc1Br. The fraction of sp³-hybridized carbons (Fsp3) is 0.214. The zero-order valence-electron chi connectivity index (χ0n) is 10.6. The molecule has 0 fully saturated rings. The number of alkyl halides is 3. The number of pyridine rings is 1. The molecule has 1 aromatic carbocycles. The van der Waals surface area contributed by atoms with E-state index in [-0.39, 0.29) is 0 Å². The van der Waals surface area contributed by atoms with E-state index in [0.717, 1.165) is 17.7 Å². The molecule has 1 heterocycles. The molecule has 0 aliphatic rings. The van der Waals surface area contributed by atoms with Gasteiger partial charge in [-0.25, -0.2) is 0 Å². The first-order valence-corrected chi connectivity index (χ1v) is 6.62. The van der Waals surface area contributed by atoms with Gasteiger partial charge in [0.15, 0.2) is 0 Å². The zero-order chi connectivity index (χ0) is 14.9. The molecular weight excluding hydrogens is 333 g/mol. The minimum absolute atomic E-state index is 0.385. The maximum atomic E-state index is 12.8. The Hall–Kier alpha value is -1.40. The Morgan fingerprint density at radius 2 is 1.90 bits per heavy atom. The molecule has 2 rings (SSSR count). The van der Waals surface area contributed by atoms with Crippen LogP contribution in [0.2, 0.25) is 0 Å². The van der Waals surface area contributed by atoms with Crippen LogP contribution in [0.25, 0.3) is 0 Å². The second kappa shape index (κ2) is 5.54. The van der Waals surface area contributed by atoms with Gasteiger partial charge in [0.2, 0.25) is 0 Å². The Morgan fingerprint density at radius 3 is 2.50 bits per heavy atom. The predicted octanol–water partition coefficient (Wildman–Crippen LogP) is 4.22. The lowest BCUT2D eigenvalue weighted by Crippen LogP contribution is -2.16. The summed E-state index contributed by atoms with van der Waals surface area (Å²) in [5, 5.41) is 0. The Balaban J connectivity index is 2.50. The number of nitrogens with zero attached hydrogens (tertiary/aromatic N) is 1. The monoisotopic (exact) mass is 344 g/mol. The Bertz CT molecular complexity index is 626. The van der Waals surface area contributed by atoms with Gasteiger partial charge >= 0.3 is 6.18 Å². The molecule has 6 heteroatoms. The highest BCUT2D eigenvalue weighted by Gasteiger charge is 2.31. The van der Waals surface area contributed by atoms with E-state index in [9.17, 15) is 13.2 Å². The topological polar surface area (TPSA) is 38.9 Å². The predicted molar refractivity (Wildman–Crippen MR) is 74.1 cm³/mol. The molecule has 0 saturated carbocycles. The number of benzene rings is 1. The number of rotatable bonds is 2. The van der Waals surface area contributed by atoms with Gasteiger partial charge in [0.1, 0.15) is 0 Å². The second-order valence-corrected chi connectivity index (χ2v) is 5.30. The van der Waals surface area contributed by atoms with Gasteiger partial charge in [-0.3, -0.25) is 4.98 Å². The minimum Gasteiger partial charge on any atom is -0.320 e. The van der Waals surface area contributed by atoms with Crippen LogP contribution in [0.5, 0.6) is 0 Å². The van der Waals surface area contributed by atoms with Crippen LogP contribution in [-0.2, 0) is 6.18 Å². The molecule has 2 aromatic rings. The van der Waals surface area contributed by atoms with E-state index >= 15 is 0 Å². The average molecular weight is 345 g/mol. The molecule has 0 spiro atoms. The fourth-order valence-electron chi connectivity index (χ4n) is 1.93. The van der Waals surface area contributed by atoms with Gasteiger partial charge in [-0.05, 0) is 47.9 Å². The van der Waals surface area contributed by atoms with Crippen molar-refractivity contribution in [3.63, 3.8) is 0 Å². The normalized spacial score (nSPS) is 13.3. The summed E-state index contributed by atoms with van der Waals surface area (Å²) in [5.74, 6) is 0. The van der Waals surface area contributed by atoms with Crippen LogP contribution in [0.3, 0.4) is 0 Å². The van der Waals surface area contributed by atoms with E-state index in [4.69, 9.17) is 5.73 Å². The maximum absolute atomic E-state index is 12.8. The Morgan fingerprint density at radius 1 is 1.20 bits per heavy atom. The van der Waals surface area contributed by atoms with Crippen LogP contribution in [0.1, 0.15) is 28.3 Å². The molecule has 0 aliphatic heterocycles. The smallest absolute Gasteiger partial charge is 0.320 e. The van der Waals surface area contributed by atoms with Crippen LogP contribution >= 0.6 is 15.9 Å². The van der Waals surface area contributed by atoms with Gasteiger partial charge in [-0.2, -0.15) is 13.2 Å². The lowest BCUT2D eigenvalue weighted by molar-refractivity contribution is -0.137. The van der Waals surface area contributed by atoms with Gasteiger partial charge in [0.05, 0.1) is 11.6 Å². The van der Waals surface area contributed by atoms with E-state index in [1.807, 2.05) is 6.92 Å². The lowest BCUT2D eigenvalue weighted by Gasteiger charge is -2.18. The third-order valence-corrected chi connectivity index (χ3v) is 3.80. The second-order valence-electron chi connectivity index (χ2n) is 4.44. The minimum atomic E-state index is -4.39. The molecule has 0 aliphatic carbocycles. The molecule has 20 heavy (non-hydrogen) atoms. The van der Waals surface area contributed by atoms with Crippen LogP contribution in [0.15, 0.2) is 41.1 Å². The highest BCUT2D eigenvalue weighted by atomic mass is 79.9.